The maximum atomic E-state index is 14.4. The van der Waals surface area contributed by atoms with Crippen LogP contribution in [0.4, 0.5) is 13.2 Å². The Balaban J connectivity index is 1.32. The van der Waals surface area contributed by atoms with Gasteiger partial charge in [-0.05, 0) is 83.9 Å². The summed E-state index contributed by atoms with van der Waals surface area (Å²) in [5.74, 6) is -0.491. The molecular formula is C37H30Cl2F3N5O. The Bertz CT molecular complexity index is 2070. The number of alkyl halides is 3. The van der Waals surface area contributed by atoms with Gasteiger partial charge in [0.15, 0.2) is 17.0 Å². The molecule has 11 heteroatoms. The summed E-state index contributed by atoms with van der Waals surface area (Å²) in [6.07, 6.45) is -0.285. The van der Waals surface area contributed by atoms with E-state index in [4.69, 9.17) is 28.3 Å². The molecule has 7 rings (SSSR count). The van der Waals surface area contributed by atoms with E-state index in [-0.39, 0.29) is 28.9 Å². The minimum absolute atomic E-state index is 0.0910. The number of carbonyl (C=O) groups is 1. The van der Waals surface area contributed by atoms with Crippen molar-refractivity contribution in [3.8, 4) is 11.3 Å². The molecule has 0 bridgehead atoms. The van der Waals surface area contributed by atoms with Gasteiger partial charge < -0.3 is 0 Å². The molecule has 3 aromatic carbocycles. The first-order valence-corrected chi connectivity index (χ1v) is 16.4. The maximum Gasteiger partial charge on any atom is 0.433 e. The average Bonchev–Trinajstić information content (AvgIpc) is 3.68. The minimum Gasteiger partial charge on any atom is -0.265 e. The third-order valence-electron chi connectivity index (χ3n) is 8.94. The molecule has 2 aliphatic rings. The summed E-state index contributed by atoms with van der Waals surface area (Å²) in [5, 5.41) is 11.6. The Morgan fingerprint density at radius 2 is 1.60 bits per heavy atom. The molecule has 1 aliphatic heterocycles. The van der Waals surface area contributed by atoms with E-state index < -0.39 is 23.8 Å². The van der Waals surface area contributed by atoms with E-state index in [1.165, 1.54) is 11.1 Å². The second-order valence-electron chi connectivity index (χ2n) is 12.5. The van der Waals surface area contributed by atoms with Gasteiger partial charge in [-0.1, -0.05) is 85.6 Å². The van der Waals surface area contributed by atoms with Crippen molar-refractivity contribution < 1.29 is 18.0 Å². The van der Waals surface area contributed by atoms with Crippen LogP contribution in [0.5, 0.6) is 0 Å². The van der Waals surface area contributed by atoms with E-state index >= 15 is 0 Å². The van der Waals surface area contributed by atoms with Gasteiger partial charge in [-0.3, -0.25) is 4.79 Å². The second kappa shape index (κ2) is 12.5. The van der Waals surface area contributed by atoms with Crippen LogP contribution in [0.25, 0.3) is 23.0 Å². The molecule has 244 valence electrons. The molecule has 0 spiro atoms. The molecule has 2 atom stereocenters. The van der Waals surface area contributed by atoms with Crippen LogP contribution in [0.2, 0.25) is 10.0 Å². The SMILES string of the molecule is CC(C)c1ccc(-c2cc(C(F)(F)F)n3nc(C(=O)N4N=C5C(=Cc6ccc(Cl)cc6)CCCC5C4c4ccc(Cl)cc4)cc3n2)cc1. The number of hydrogen-bond donors (Lipinski definition) is 0. The number of aromatic nitrogens is 3. The smallest absolute Gasteiger partial charge is 0.265 e. The van der Waals surface area contributed by atoms with Crippen molar-refractivity contribution in [1.29, 1.82) is 0 Å². The first-order valence-electron chi connectivity index (χ1n) is 15.7. The Kier molecular flexibility index (Phi) is 8.37. The Labute approximate surface area is 285 Å². The van der Waals surface area contributed by atoms with E-state index in [1.807, 2.05) is 68.5 Å². The molecule has 0 radical (unpaired) electrons. The van der Waals surface area contributed by atoms with Gasteiger partial charge in [-0.15, -0.1) is 0 Å². The molecule has 0 saturated heterocycles. The lowest BCUT2D eigenvalue weighted by Gasteiger charge is -2.29. The number of hydrazone groups is 1. The Morgan fingerprint density at radius 3 is 2.25 bits per heavy atom. The number of rotatable bonds is 5. The lowest BCUT2D eigenvalue weighted by atomic mass is 9.77. The largest absolute Gasteiger partial charge is 0.433 e. The maximum absolute atomic E-state index is 14.4. The molecule has 1 amide bonds. The normalized spacial score (nSPS) is 18.9. The van der Waals surface area contributed by atoms with E-state index in [2.05, 4.69) is 10.1 Å². The summed E-state index contributed by atoms with van der Waals surface area (Å²) < 4.78 is 44.0. The van der Waals surface area contributed by atoms with Gasteiger partial charge in [0, 0.05) is 27.6 Å². The van der Waals surface area contributed by atoms with Crippen molar-refractivity contribution in [3.63, 3.8) is 0 Å². The molecule has 2 aromatic heterocycles. The zero-order chi connectivity index (χ0) is 33.7. The lowest BCUT2D eigenvalue weighted by Crippen LogP contribution is -2.32. The highest BCUT2D eigenvalue weighted by molar-refractivity contribution is 6.30. The fourth-order valence-corrected chi connectivity index (χ4v) is 6.76. The quantitative estimate of drug-likeness (QED) is 0.185. The van der Waals surface area contributed by atoms with Crippen molar-refractivity contribution in [3.05, 3.63) is 129 Å². The summed E-state index contributed by atoms with van der Waals surface area (Å²) in [5.41, 5.74) is 3.94. The summed E-state index contributed by atoms with van der Waals surface area (Å²) in [7, 11) is 0. The summed E-state index contributed by atoms with van der Waals surface area (Å²) in [6, 6.07) is 23.7. The van der Waals surface area contributed by atoms with Crippen LogP contribution in [-0.2, 0) is 6.18 Å². The summed E-state index contributed by atoms with van der Waals surface area (Å²) >= 11 is 12.3. The molecule has 3 heterocycles. The fraction of sp³-hybridized carbons (Fsp3) is 0.243. The van der Waals surface area contributed by atoms with E-state index in [1.54, 1.807) is 24.3 Å². The highest BCUT2D eigenvalue weighted by atomic mass is 35.5. The van der Waals surface area contributed by atoms with Gasteiger partial charge in [-0.2, -0.15) is 23.4 Å². The lowest BCUT2D eigenvalue weighted by molar-refractivity contribution is -0.142. The molecule has 2 unspecified atom stereocenters. The van der Waals surface area contributed by atoms with E-state index in [0.29, 0.717) is 20.1 Å². The van der Waals surface area contributed by atoms with Crippen LogP contribution in [0.15, 0.2) is 95.6 Å². The highest BCUT2D eigenvalue weighted by Crippen LogP contribution is 2.45. The monoisotopic (exact) mass is 687 g/mol. The summed E-state index contributed by atoms with van der Waals surface area (Å²) in [6.45, 7) is 4.08. The molecular weight excluding hydrogens is 658 g/mol. The van der Waals surface area contributed by atoms with Gasteiger partial charge in [0.05, 0.1) is 17.4 Å². The third-order valence-corrected chi connectivity index (χ3v) is 9.45. The number of nitrogens with zero attached hydrogens (tertiary/aromatic N) is 5. The third kappa shape index (κ3) is 6.13. The number of halogens is 5. The number of hydrogen-bond acceptors (Lipinski definition) is 4. The molecule has 1 fully saturated rings. The molecule has 1 saturated carbocycles. The molecule has 0 N–H and O–H groups in total. The van der Waals surface area contributed by atoms with Crippen LogP contribution in [0.1, 0.15) is 77.9 Å². The van der Waals surface area contributed by atoms with Crippen molar-refractivity contribution in [2.75, 3.05) is 0 Å². The zero-order valence-electron chi connectivity index (χ0n) is 26.0. The number of amides is 1. The predicted molar refractivity (Wildman–Crippen MR) is 182 cm³/mol. The fourth-order valence-electron chi connectivity index (χ4n) is 6.51. The van der Waals surface area contributed by atoms with Gasteiger partial charge in [0.1, 0.15) is 0 Å². The highest BCUT2D eigenvalue weighted by Gasteiger charge is 2.45. The minimum atomic E-state index is -4.75. The first kappa shape index (κ1) is 32.1. The number of allylic oxidation sites excluding steroid dienone is 1. The van der Waals surface area contributed by atoms with Crippen molar-refractivity contribution in [1.82, 2.24) is 19.6 Å². The first-order chi connectivity index (χ1) is 23.0. The van der Waals surface area contributed by atoms with Gasteiger partial charge in [0.25, 0.3) is 5.91 Å². The van der Waals surface area contributed by atoms with Gasteiger partial charge in [0.2, 0.25) is 0 Å². The molecule has 1 aliphatic carbocycles. The van der Waals surface area contributed by atoms with E-state index in [0.717, 1.165) is 53.3 Å². The Hall–Kier alpha value is -4.47. The molecule has 48 heavy (non-hydrogen) atoms. The van der Waals surface area contributed by atoms with E-state index in [9.17, 15) is 18.0 Å². The van der Waals surface area contributed by atoms with Crippen LogP contribution in [0.3, 0.4) is 0 Å². The van der Waals surface area contributed by atoms with Crippen molar-refractivity contribution in [2.45, 2.75) is 51.2 Å². The van der Waals surface area contributed by atoms with Crippen LogP contribution < -0.4 is 0 Å². The zero-order valence-corrected chi connectivity index (χ0v) is 27.6. The predicted octanol–water partition coefficient (Wildman–Crippen LogP) is 10.3. The standard InChI is InChI=1S/C37H30Cl2F3N5O/c1-21(2)23-8-10-24(11-9-23)30-19-32(37(40,41)42)46-33(43-30)20-31(44-46)36(48)47-35(25-12-16-28(39)17-13-25)29-5-3-4-26(34(29)45-47)18-22-6-14-27(38)15-7-22/h6-21,29,35H,3-5H2,1-2H3. The van der Waals surface area contributed by atoms with Crippen LogP contribution in [-0.4, -0.2) is 31.2 Å². The molecule has 6 nitrogen and oxygen atoms in total. The number of fused-ring (bicyclic) bond motifs is 2. The van der Waals surface area contributed by atoms with Crippen LogP contribution in [0, 0.1) is 5.92 Å². The van der Waals surface area contributed by atoms with Gasteiger partial charge in [-0.25, -0.2) is 14.5 Å². The van der Waals surface area contributed by atoms with Crippen molar-refractivity contribution >= 4 is 46.5 Å². The van der Waals surface area contributed by atoms with Crippen LogP contribution >= 0.6 is 23.2 Å². The average molecular weight is 689 g/mol. The topological polar surface area (TPSA) is 62.9 Å². The summed E-state index contributed by atoms with van der Waals surface area (Å²) in [4.78, 5) is 18.8. The van der Waals surface area contributed by atoms with Crippen molar-refractivity contribution in [2.24, 2.45) is 11.0 Å². The Morgan fingerprint density at radius 1 is 0.938 bits per heavy atom. The number of carbonyl (C=O) groups excluding carboxylic acids is 1. The van der Waals surface area contributed by atoms with Gasteiger partial charge >= 0.3 is 6.18 Å². The molecule has 5 aromatic rings. The number of benzene rings is 3. The second-order valence-corrected chi connectivity index (χ2v) is 13.3.